The average Bonchev–Trinajstić information content (AvgIpc) is 2.40. The number of halogens is 1. The zero-order valence-corrected chi connectivity index (χ0v) is 13.1. The Bertz CT molecular complexity index is 536. The number of hydrogen-bond donors (Lipinski definition) is 1. The number of hydrogen-bond acceptors (Lipinski definition) is 1. The molecule has 0 aliphatic heterocycles. The predicted molar refractivity (Wildman–Crippen MR) is 85.7 cm³/mol. The lowest BCUT2D eigenvalue weighted by Gasteiger charge is -2.18. The molecule has 0 fully saturated rings. The Morgan fingerprint density at radius 3 is 2.58 bits per heavy atom. The van der Waals surface area contributed by atoms with Crippen LogP contribution in [0.5, 0.6) is 0 Å². The maximum Gasteiger partial charge on any atom is 0.0207 e. The summed E-state index contributed by atoms with van der Waals surface area (Å²) in [6.07, 6.45) is 1.05. The van der Waals surface area contributed by atoms with E-state index >= 15 is 0 Å². The van der Waals surface area contributed by atoms with Crippen molar-refractivity contribution in [1.82, 2.24) is 5.32 Å². The van der Waals surface area contributed by atoms with E-state index in [1.165, 1.54) is 21.2 Å². The van der Waals surface area contributed by atoms with E-state index < -0.39 is 0 Å². The lowest BCUT2D eigenvalue weighted by molar-refractivity contribution is 0.624. The van der Waals surface area contributed by atoms with Crippen molar-refractivity contribution in [3.63, 3.8) is 0 Å². The first-order valence-electron chi connectivity index (χ1n) is 6.65. The van der Waals surface area contributed by atoms with Crippen LogP contribution in [0.15, 0.2) is 53.0 Å². The smallest absolute Gasteiger partial charge is 0.0207 e. The van der Waals surface area contributed by atoms with Gasteiger partial charge in [0.1, 0.15) is 0 Å². The fourth-order valence-electron chi connectivity index (χ4n) is 2.41. The molecular formula is C17H20BrN. The minimum atomic E-state index is 0.503. The van der Waals surface area contributed by atoms with Gasteiger partial charge in [-0.25, -0.2) is 0 Å². The van der Waals surface area contributed by atoms with Crippen LogP contribution >= 0.6 is 15.9 Å². The molecule has 1 unspecified atom stereocenters. The van der Waals surface area contributed by atoms with E-state index in [0.717, 1.165) is 13.0 Å². The van der Waals surface area contributed by atoms with E-state index in [1.54, 1.807) is 0 Å². The highest BCUT2D eigenvalue weighted by molar-refractivity contribution is 9.10. The van der Waals surface area contributed by atoms with Crippen LogP contribution in [0, 0.1) is 6.92 Å². The van der Waals surface area contributed by atoms with Crippen LogP contribution in [0.4, 0.5) is 0 Å². The van der Waals surface area contributed by atoms with Crippen LogP contribution in [0.25, 0.3) is 0 Å². The van der Waals surface area contributed by atoms with E-state index in [0.29, 0.717) is 5.92 Å². The van der Waals surface area contributed by atoms with Crippen molar-refractivity contribution < 1.29 is 0 Å². The third-order valence-corrected chi connectivity index (χ3v) is 4.16. The molecule has 0 aliphatic rings. The summed E-state index contributed by atoms with van der Waals surface area (Å²) in [6, 6.07) is 17.3. The van der Waals surface area contributed by atoms with Crippen molar-refractivity contribution in [2.45, 2.75) is 19.3 Å². The minimum absolute atomic E-state index is 0.503. The average molecular weight is 318 g/mol. The molecule has 0 spiro atoms. The lowest BCUT2D eigenvalue weighted by atomic mass is 9.91. The van der Waals surface area contributed by atoms with Crippen molar-refractivity contribution in [1.29, 1.82) is 0 Å². The maximum atomic E-state index is 3.64. The second-order valence-corrected chi connectivity index (χ2v) is 5.82. The van der Waals surface area contributed by atoms with Crippen molar-refractivity contribution in [2.24, 2.45) is 0 Å². The van der Waals surface area contributed by atoms with Gasteiger partial charge < -0.3 is 5.32 Å². The molecule has 1 N–H and O–H groups in total. The van der Waals surface area contributed by atoms with E-state index in [1.807, 2.05) is 7.05 Å². The van der Waals surface area contributed by atoms with Gasteiger partial charge in [0.25, 0.3) is 0 Å². The van der Waals surface area contributed by atoms with Crippen LogP contribution in [0.1, 0.15) is 22.6 Å². The van der Waals surface area contributed by atoms with Crippen LogP contribution in [0.2, 0.25) is 0 Å². The van der Waals surface area contributed by atoms with Crippen molar-refractivity contribution in [3.8, 4) is 0 Å². The predicted octanol–water partition coefficient (Wildman–Crippen LogP) is 4.30. The zero-order chi connectivity index (χ0) is 13.7. The largest absolute Gasteiger partial charge is 0.319 e. The highest BCUT2D eigenvalue weighted by Gasteiger charge is 2.13. The highest BCUT2D eigenvalue weighted by Crippen LogP contribution is 2.25. The van der Waals surface area contributed by atoms with Gasteiger partial charge in [-0.15, -0.1) is 0 Å². The molecule has 1 atom stereocenters. The lowest BCUT2D eigenvalue weighted by Crippen LogP contribution is -2.19. The molecule has 0 aromatic heterocycles. The minimum Gasteiger partial charge on any atom is -0.319 e. The Balaban J connectivity index is 2.24. The molecule has 2 heteroatoms. The number of aryl methyl sites for hydroxylation is 1. The second kappa shape index (κ2) is 6.88. The SMILES string of the molecule is CNCC(Cc1ccccc1Br)c1cccc(C)c1. The normalized spacial score (nSPS) is 12.4. The monoisotopic (exact) mass is 317 g/mol. The molecule has 0 aliphatic carbocycles. The molecular weight excluding hydrogens is 298 g/mol. The van der Waals surface area contributed by atoms with Gasteiger partial charge >= 0.3 is 0 Å². The Morgan fingerprint density at radius 2 is 1.89 bits per heavy atom. The van der Waals surface area contributed by atoms with Gasteiger partial charge in [-0.1, -0.05) is 64.0 Å². The van der Waals surface area contributed by atoms with E-state index in [4.69, 9.17) is 0 Å². The molecule has 2 aromatic carbocycles. The Kier molecular flexibility index (Phi) is 5.17. The summed E-state index contributed by atoms with van der Waals surface area (Å²) in [6.45, 7) is 3.14. The number of benzene rings is 2. The summed E-state index contributed by atoms with van der Waals surface area (Å²) >= 11 is 3.64. The van der Waals surface area contributed by atoms with Crippen LogP contribution in [-0.4, -0.2) is 13.6 Å². The fraction of sp³-hybridized carbons (Fsp3) is 0.294. The van der Waals surface area contributed by atoms with Gasteiger partial charge in [-0.3, -0.25) is 0 Å². The first kappa shape index (κ1) is 14.3. The van der Waals surface area contributed by atoms with Gasteiger partial charge in [0.05, 0.1) is 0 Å². The fourth-order valence-corrected chi connectivity index (χ4v) is 2.85. The maximum absolute atomic E-state index is 3.64. The summed E-state index contributed by atoms with van der Waals surface area (Å²) < 4.78 is 1.20. The van der Waals surface area contributed by atoms with E-state index in [9.17, 15) is 0 Å². The van der Waals surface area contributed by atoms with Crippen LogP contribution in [0.3, 0.4) is 0 Å². The van der Waals surface area contributed by atoms with E-state index in [2.05, 4.69) is 76.7 Å². The Hall–Kier alpha value is -1.12. The summed E-state index contributed by atoms with van der Waals surface area (Å²) in [5.74, 6) is 0.503. The van der Waals surface area contributed by atoms with Gasteiger partial charge in [0.15, 0.2) is 0 Å². The molecule has 0 radical (unpaired) electrons. The standard InChI is InChI=1S/C17H20BrN/c1-13-6-5-8-14(10-13)16(12-19-2)11-15-7-3-4-9-17(15)18/h3-10,16,19H,11-12H2,1-2H3. The number of nitrogens with one attached hydrogen (secondary N) is 1. The first-order valence-corrected chi connectivity index (χ1v) is 7.44. The van der Waals surface area contributed by atoms with Crippen molar-refractivity contribution >= 4 is 15.9 Å². The molecule has 19 heavy (non-hydrogen) atoms. The topological polar surface area (TPSA) is 12.0 Å². The van der Waals surface area contributed by atoms with Crippen LogP contribution in [-0.2, 0) is 6.42 Å². The van der Waals surface area contributed by atoms with Gasteiger partial charge in [0, 0.05) is 16.9 Å². The van der Waals surface area contributed by atoms with Gasteiger partial charge in [0.2, 0.25) is 0 Å². The summed E-state index contributed by atoms with van der Waals surface area (Å²) in [5, 5.41) is 3.31. The zero-order valence-electron chi connectivity index (χ0n) is 11.5. The quantitative estimate of drug-likeness (QED) is 0.866. The molecule has 0 bridgehead atoms. The summed E-state index contributed by atoms with van der Waals surface area (Å²) in [7, 11) is 2.02. The summed E-state index contributed by atoms with van der Waals surface area (Å²) in [4.78, 5) is 0. The second-order valence-electron chi connectivity index (χ2n) is 4.96. The van der Waals surface area contributed by atoms with Gasteiger partial charge in [-0.2, -0.15) is 0 Å². The highest BCUT2D eigenvalue weighted by atomic mass is 79.9. The molecule has 2 rings (SSSR count). The molecule has 0 amide bonds. The molecule has 0 saturated heterocycles. The first-order chi connectivity index (χ1) is 9.20. The Morgan fingerprint density at radius 1 is 1.11 bits per heavy atom. The molecule has 0 heterocycles. The molecule has 0 saturated carbocycles. The number of likely N-dealkylation sites (N-methyl/N-ethyl adjacent to an activating group) is 1. The molecule has 2 aromatic rings. The Labute approximate surface area is 124 Å². The van der Waals surface area contributed by atoms with Crippen LogP contribution < -0.4 is 5.32 Å². The third-order valence-electron chi connectivity index (χ3n) is 3.39. The summed E-state index contributed by atoms with van der Waals surface area (Å²) in [5.41, 5.74) is 4.10. The van der Waals surface area contributed by atoms with Crippen molar-refractivity contribution in [3.05, 3.63) is 69.7 Å². The van der Waals surface area contributed by atoms with Gasteiger partial charge in [-0.05, 0) is 37.6 Å². The third kappa shape index (κ3) is 3.92. The molecule has 1 nitrogen and oxygen atoms in total. The van der Waals surface area contributed by atoms with E-state index in [-0.39, 0.29) is 0 Å². The van der Waals surface area contributed by atoms with Crippen molar-refractivity contribution in [2.75, 3.05) is 13.6 Å². The molecule has 100 valence electrons. The number of rotatable bonds is 5.